The van der Waals surface area contributed by atoms with Crippen LogP contribution in [-0.2, 0) is 51.4 Å². The normalized spacial score (nSPS) is 16.8. The van der Waals surface area contributed by atoms with E-state index < -0.39 is 33.9 Å². The van der Waals surface area contributed by atoms with Crippen molar-refractivity contribution >= 4 is 39.7 Å². The third-order valence-corrected chi connectivity index (χ3v) is 9.20. The molecule has 1 heterocycles. The highest BCUT2D eigenvalue weighted by atomic mass is 32.2. The van der Waals surface area contributed by atoms with Crippen LogP contribution in [0.4, 0.5) is 15.3 Å². The highest BCUT2D eigenvalue weighted by Crippen LogP contribution is 2.38. The number of amides is 3. The molecule has 39 heavy (non-hydrogen) atoms. The lowest BCUT2D eigenvalue weighted by molar-refractivity contribution is -0.0383. The number of hydrogen-bond donors (Lipinski definition) is 4. The fourth-order valence-corrected chi connectivity index (χ4v) is 6.70. The molecule has 3 amide bonds. The van der Waals surface area contributed by atoms with Gasteiger partial charge in [0.15, 0.2) is 0 Å². The Hall–Kier alpha value is -2.54. The van der Waals surface area contributed by atoms with Gasteiger partial charge < -0.3 is 25.2 Å². The molecule has 2 unspecified atom stereocenters. The van der Waals surface area contributed by atoms with Crippen LogP contribution in [-0.4, -0.2) is 51.8 Å². The molecule has 0 radical (unpaired) electrons. The monoisotopic (exact) mass is 578 g/mol. The molecular weight excluding hydrogens is 540 g/mol. The van der Waals surface area contributed by atoms with Crippen LogP contribution in [0.15, 0.2) is 20.8 Å². The quantitative estimate of drug-likeness (QED) is 0.254. The van der Waals surface area contributed by atoms with E-state index in [1.54, 1.807) is 27.7 Å². The SMILES string of the molecule is CC(C)(C)OC(=O)NCCCOCC(C)(O)c1ncc(/[SH](=O)=N/C(=O)Nc2c3c(cc4c2CCC4)CCC3)s1. The number of carbonyl (C=O) groups is 2. The van der Waals surface area contributed by atoms with Crippen molar-refractivity contribution in [1.29, 1.82) is 0 Å². The minimum absolute atomic E-state index is 0.0367. The Morgan fingerprint density at radius 2 is 1.79 bits per heavy atom. The molecule has 1 aromatic carbocycles. The van der Waals surface area contributed by atoms with Gasteiger partial charge in [-0.2, -0.15) is 0 Å². The highest BCUT2D eigenvalue weighted by Gasteiger charge is 2.28. The number of thiol groups is 1. The van der Waals surface area contributed by atoms with Gasteiger partial charge in [0.05, 0.1) is 23.4 Å². The summed E-state index contributed by atoms with van der Waals surface area (Å²) in [6.45, 7) is 7.58. The second-order valence-corrected chi connectivity index (χ2v) is 13.7. The first-order chi connectivity index (χ1) is 18.4. The van der Waals surface area contributed by atoms with Crippen molar-refractivity contribution in [3.8, 4) is 0 Å². The topological polar surface area (TPSA) is 139 Å². The summed E-state index contributed by atoms with van der Waals surface area (Å²) in [5, 5.41) is 16.7. The second kappa shape index (κ2) is 12.3. The lowest BCUT2D eigenvalue weighted by Gasteiger charge is -2.21. The number of nitrogens with one attached hydrogen (secondary N) is 2. The largest absolute Gasteiger partial charge is 0.444 e. The zero-order valence-corrected chi connectivity index (χ0v) is 24.7. The smallest absolute Gasteiger partial charge is 0.407 e. The van der Waals surface area contributed by atoms with Gasteiger partial charge in [0.1, 0.15) is 20.4 Å². The van der Waals surface area contributed by atoms with Gasteiger partial charge >= 0.3 is 12.1 Å². The molecule has 10 nitrogen and oxygen atoms in total. The maximum atomic E-state index is 12.9. The zero-order valence-electron chi connectivity index (χ0n) is 23.0. The zero-order chi connectivity index (χ0) is 28.2. The molecule has 3 N–H and O–H groups in total. The third-order valence-electron chi connectivity index (χ3n) is 6.55. The Bertz CT molecular complexity index is 1280. The number of carbonyl (C=O) groups excluding carboxylic acids is 2. The predicted molar refractivity (Wildman–Crippen MR) is 151 cm³/mol. The van der Waals surface area contributed by atoms with Crippen molar-refractivity contribution in [1.82, 2.24) is 10.3 Å². The van der Waals surface area contributed by atoms with Crippen LogP contribution in [0.5, 0.6) is 0 Å². The molecule has 0 saturated heterocycles. The summed E-state index contributed by atoms with van der Waals surface area (Å²) in [5.41, 5.74) is 3.86. The van der Waals surface area contributed by atoms with E-state index in [-0.39, 0.29) is 6.61 Å². The van der Waals surface area contributed by atoms with Crippen molar-refractivity contribution in [3.63, 3.8) is 0 Å². The maximum Gasteiger partial charge on any atom is 0.407 e. The van der Waals surface area contributed by atoms with Crippen molar-refractivity contribution in [2.75, 3.05) is 25.1 Å². The van der Waals surface area contributed by atoms with E-state index in [2.05, 4.69) is 26.0 Å². The van der Waals surface area contributed by atoms with Crippen molar-refractivity contribution < 1.29 is 28.4 Å². The van der Waals surface area contributed by atoms with Crippen LogP contribution in [0.1, 0.15) is 74.2 Å². The van der Waals surface area contributed by atoms with Gasteiger partial charge in [0, 0.05) is 18.8 Å². The van der Waals surface area contributed by atoms with E-state index in [0.717, 1.165) is 55.5 Å². The van der Waals surface area contributed by atoms with E-state index >= 15 is 0 Å². The molecule has 1 aromatic heterocycles. The standard InChI is InChI=1S/C27H38N4O6S2/c1-26(2,3)37-25(33)28-12-7-13-36-16-27(4,34)23-29-15-21(38-23)39(35)31-24(32)30-22-19-10-5-8-17(19)14-18-9-6-11-20(18)22/h14-15,34,39H,5-13,16H2,1-4H3,(H,28,33)(H,30,32). The molecule has 0 aliphatic heterocycles. The molecule has 12 heteroatoms. The van der Waals surface area contributed by atoms with Crippen LogP contribution in [0.2, 0.25) is 0 Å². The molecule has 2 aliphatic rings. The van der Waals surface area contributed by atoms with Gasteiger partial charge in [0.25, 0.3) is 0 Å². The molecule has 0 fully saturated rings. The van der Waals surface area contributed by atoms with Gasteiger partial charge in [0.2, 0.25) is 0 Å². The van der Waals surface area contributed by atoms with E-state index in [1.165, 1.54) is 28.5 Å². The van der Waals surface area contributed by atoms with Gasteiger partial charge in [-0.15, -0.1) is 15.7 Å². The van der Waals surface area contributed by atoms with E-state index in [1.807, 2.05) is 0 Å². The lowest BCUT2D eigenvalue weighted by atomic mass is 9.99. The Morgan fingerprint density at radius 3 is 2.44 bits per heavy atom. The Balaban J connectivity index is 1.29. The molecular formula is C27H38N4O6S2. The van der Waals surface area contributed by atoms with Crippen LogP contribution >= 0.6 is 11.3 Å². The molecule has 0 bridgehead atoms. The predicted octanol–water partition coefficient (Wildman–Crippen LogP) is 4.52. The van der Waals surface area contributed by atoms with Crippen molar-refractivity contribution in [3.05, 3.63) is 39.5 Å². The van der Waals surface area contributed by atoms with E-state index in [4.69, 9.17) is 9.47 Å². The average Bonchev–Trinajstić information content (AvgIpc) is 3.60. The first-order valence-corrected chi connectivity index (χ1v) is 15.4. The number of aliphatic hydroxyl groups is 1. The van der Waals surface area contributed by atoms with Gasteiger partial charge in [-0.25, -0.2) is 18.8 Å². The number of aryl methyl sites for hydroxylation is 2. The van der Waals surface area contributed by atoms with Gasteiger partial charge in [-0.05, 0) is 94.9 Å². The van der Waals surface area contributed by atoms with Gasteiger partial charge in [-0.1, -0.05) is 6.07 Å². The fraction of sp³-hybridized carbons (Fsp3) is 0.593. The third kappa shape index (κ3) is 7.77. The van der Waals surface area contributed by atoms with E-state index in [0.29, 0.717) is 28.8 Å². The molecule has 2 atom stereocenters. The van der Waals surface area contributed by atoms with Crippen molar-refractivity contribution in [2.45, 2.75) is 88.1 Å². The fourth-order valence-electron chi connectivity index (χ4n) is 4.85. The van der Waals surface area contributed by atoms with Crippen LogP contribution in [0.3, 0.4) is 0 Å². The summed E-state index contributed by atoms with van der Waals surface area (Å²) in [7, 11) is -2.37. The minimum Gasteiger partial charge on any atom is -0.444 e. The maximum absolute atomic E-state index is 12.9. The number of nitrogens with zero attached hydrogens (tertiary/aromatic N) is 2. The van der Waals surface area contributed by atoms with Crippen LogP contribution in [0, 0.1) is 0 Å². The molecule has 2 aromatic rings. The summed E-state index contributed by atoms with van der Waals surface area (Å²) in [4.78, 5) is 28.6. The number of anilines is 1. The Morgan fingerprint density at radius 1 is 1.13 bits per heavy atom. The Kier molecular flexibility index (Phi) is 9.30. The number of rotatable bonds is 9. The van der Waals surface area contributed by atoms with E-state index in [9.17, 15) is 18.9 Å². The van der Waals surface area contributed by atoms with Gasteiger partial charge in [-0.3, -0.25) is 0 Å². The molecule has 2 aliphatic carbocycles. The molecule has 4 rings (SSSR count). The Labute approximate surface area is 235 Å². The number of aromatic nitrogens is 1. The summed E-state index contributed by atoms with van der Waals surface area (Å²) in [6, 6.07) is 1.66. The number of ether oxygens (including phenoxy) is 2. The number of urea groups is 1. The summed E-state index contributed by atoms with van der Waals surface area (Å²) in [5.74, 6) is 0. The summed E-state index contributed by atoms with van der Waals surface area (Å²) >= 11 is 1.04. The second-order valence-electron chi connectivity index (χ2n) is 11.1. The number of fused-ring (bicyclic) bond motifs is 2. The number of hydrogen-bond acceptors (Lipinski definition) is 8. The lowest BCUT2D eigenvalue weighted by Crippen LogP contribution is -2.33. The average molecular weight is 579 g/mol. The minimum atomic E-state index is -2.37. The number of benzene rings is 1. The van der Waals surface area contributed by atoms with Crippen LogP contribution < -0.4 is 10.6 Å². The summed E-state index contributed by atoms with van der Waals surface area (Å²) in [6.07, 6.45) is 7.47. The summed E-state index contributed by atoms with van der Waals surface area (Å²) < 4.78 is 27.8. The first-order valence-electron chi connectivity index (χ1n) is 13.3. The molecule has 214 valence electrons. The number of alkyl carbamates (subject to hydrolysis) is 1. The first kappa shape index (κ1) is 29.4. The number of thiazole rings is 1. The molecule has 0 saturated carbocycles. The van der Waals surface area contributed by atoms with Crippen LogP contribution in [0.25, 0.3) is 0 Å². The van der Waals surface area contributed by atoms with Crippen molar-refractivity contribution in [2.24, 2.45) is 4.36 Å². The molecule has 0 spiro atoms. The highest BCUT2D eigenvalue weighted by molar-refractivity contribution is 7.78.